The van der Waals surface area contributed by atoms with Gasteiger partial charge in [0, 0.05) is 17.1 Å². The highest BCUT2D eigenvalue weighted by Crippen LogP contribution is 2.33. The van der Waals surface area contributed by atoms with Crippen LogP contribution < -0.4 is 10.9 Å². The number of carbonyl (C=O) groups excluding carboxylic acids is 1. The predicted molar refractivity (Wildman–Crippen MR) is 129 cm³/mol. The minimum Gasteiger partial charge on any atom is -0.350 e. The van der Waals surface area contributed by atoms with Crippen LogP contribution in [-0.2, 0) is 29.9 Å². The number of hydrogen-bond acceptors (Lipinski definition) is 7. The summed E-state index contributed by atoms with van der Waals surface area (Å²) in [4.78, 5) is 39.1. The fourth-order valence-electron chi connectivity index (χ4n) is 3.87. The second-order valence-electron chi connectivity index (χ2n) is 7.56. The third-order valence-electron chi connectivity index (χ3n) is 5.36. The molecule has 2 N–H and O–H groups in total. The number of para-hydroxylation sites is 1. The van der Waals surface area contributed by atoms with Gasteiger partial charge in [-0.1, -0.05) is 12.1 Å². The number of hydrogen-bond donors (Lipinski definition) is 2. The van der Waals surface area contributed by atoms with Gasteiger partial charge in [0.15, 0.2) is 0 Å². The number of aromatic nitrogens is 3. The van der Waals surface area contributed by atoms with Crippen LogP contribution in [0.2, 0.25) is 0 Å². The molecule has 1 aliphatic carbocycles. The Kier molecular flexibility index (Phi) is 6.06. The van der Waals surface area contributed by atoms with Crippen molar-refractivity contribution in [1.82, 2.24) is 20.3 Å². The Balaban J connectivity index is 1.12. The largest absolute Gasteiger partial charge is 0.350 e. The summed E-state index contributed by atoms with van der Waals surface area (Å²) in [7, 11) is 0. The number of H-pyrrole nitrogens is 1. The van der Waals surface area contributed by atoms with Gasteiger partial charge >= 0.3 is 0 Å². The number of aromatic amines is 1. The lowest BCUT2D eigenvalue weighted by Crippen LogP contribution is -2.23. The second kappa shape index (κ2) is 9.10. The molecular formula is C22H22N4O2S3. The summed E-state index contributed by atoms with van der Waals surface area (Å²) < 4.78 is 1.13. The van der Waals surface area contributed by atoms with E-state index in [1.807, 2.05) is 24.3 Å². The Morgan fingerprint density at radius 3 is 2.94 bits per heavy atom. The van der Waals surface area contributed by atoms with Gasteiger partial charge in [-0.25, -0.2) is 9.97 Å². The number of thiazole rings is 1. The molecule has 0 atom stereocenters. The molecule has 9 heteroatoms. The maximum Gasteiger partial charge on any atom is 0.259 e. The van der Waals surface area contributed by atoms with Crippen molar-refractivity contribution in [3.63, 3.8) is 0 Å². The molecule has 0 spiro atoms. The van der Waals surface area contributed by atoms with Crippen LogP contribution in [0.15, 0.2) is 29.1 Å². The minimum atomic E-state index is -0.0198. The molecule has 0 fully saturated rings. The van der Waals surface area contributed by atoms with E-state index in [0.717, 1.165) is 44.7 Å². The van der Waals surface area contributed by atoms with Gasteiger partial charge in [-0.3, -0.25) is 9.59 Å². The highest BCUT2D eigenvalue weighted by atomic mass is 32.2. The average Bonchev–Trinajstić information content (AvgIpc) is 3.36. The maximum atomic E-state index is 12.6. The summed E-state index contributed by atoms with van der Waals surface area (Å²) in [5, 5.41) is 4.65. The van der Waals surface area contributed by atoms with E-state index in [1.165, 1.54) is 16.9 Å². The van der Waals surface area contributed by atoms with E-state index >= 15 is 0 Å². The van der Waals surface area contributed by atoms with Crippen LogP contribution in [0, 0.1) is 0 Å². The molecule has 160 valence electrons. The zero-order valence-corrected chi connectivity index (χ0v) is 19.4. The number of fused-ring (bicyclic) bond motifs is 4. The number of aryl methyl sites for hydroxylation is 2. The number of nitrogens with one attached hydrogen (secondary N) is 2. The van der Waals surface area contributed by atoms with Crippen LogP contribution in [0.4, 0.5) is 0 Å². The van der Waals surface area contributed by atoms with Gasteiger partial charge in [0.05, 0.1) is 27.9 Å². The van der Waals surface area contributed by atoms with E-state index in [2.05, 4.69) is 20.3 Å². The summed E-state index contributed by atoms with van der Waals surface area (Å²) in [5.41, 5.74) is 2.16. The molecule has 31 heavy (non-hydrogen) atoms. The van der Waals surface area contributed by atoms with E-state index in [4.69, 9.17) is 0 Å². The zero-order chi connectivity index (χ0) is 21.2. The van der Waals surface area contributed by atoms with Crippen LogP contribution in [0.25, 0.3) is 20.4 Å². The van der Waals surface area contributed by atoms with E-state index in [1.54, 1.807) is 34.4 Å². The van der Waals surface area contributed by atoms with Crippen molar-refractivity contribution in [2.45, 2.75) is 44.4 Å². The summed E-state index contributed by atoms with van der Waals surface area (Å²) in [6, 6.07) is 7.98. The fraction of sp³-hybridized carbons (Fsp3) is 0.364. The predicted octanol–water partition coefficient (Wildman–Crippen LogP) is 4.41. The number of thioether (sulfide) groups is 1. The smallest absolute Gasteiger partial charge is 0.259 e. The first-order chi connectivity index (χ1) is 15.2. The molecule has 1 aliphatic rings. The average molecular weight is 471 g/mol. The van der Waals surface area contributed by atoms with Gasteiger partial charge in [0.2, 0.25) is 5.91 Å². The van der Waals surface area contributed by atoms with Crippen LogP contribution in [0.1, 0.15) is 40.5 Å². The van der Waals surface area contributed by atoms with Crippen molar-refractivity contribution in [2.75, 3.05) is 5.75 Å². The first-order valence-corrected chi connectivity index (χ1v) is 13.2. The van der Waals surface area contributed by atoms with E-state index in [-0.39, 0.29) is 11.5 Å². The lowest BCUT2D eigenvalue weighted by atomic mass is 9.97. The zero-order valence-electron chi connectivity index (χ0n) is 16.9. The summed E-state index contributed by atoms with van der Waals surface area (Å²) in [5.74, 6) is 1.97. The van der Waals surface area contributed by atoms with Crippen molar-refractivity contribution in [2.24, 2.45) is 0 Å². The SMILES string of the molecule is O=C(CCSCc1nc2sc3c(c2c(=O)[nH]1)CCCC3)NCc1nc2ccccc2s1. The Labute approximate surface area is 191 Å². The lowest BCUT2D eigenvalue weighted by molar-refractivity contribution is -0.120. The summed E-state index contributed by atoms with van der Waals surface area (Å²) in [6.45, 7) is 0.456. The second-order valence-corrected chi connectivity index (χ2v) is 10.9. The minimum absolute atomic E-state index is 0.00888. The Hall–Kier alpha value is -2.23. The van der Waals surface area contributed by atoms with Gasteiger partial charge in [-0.15, -0.1) is 22.7 Å². The summed E-state index contributed by atoms with van der Waals surface area (Å²) >= 11 is 4.88. The van der Waals surface area contributed by atoms with Gasteiger partial charge < -0.3 is 10.3 Å². The highest BCUT2D eigenvalue weighted by molar-refractivity contribution is 7.98. The molecule has 3 aromatic heterocycles. The third-order valence-corrected chi connectivity index (χ3v) is 8.55. The number of amides is 1. The third kappa shape index (κ3) is 4.53. The van der Waals surface area contributed by atoms with E-state index < -0.39 is 0 Å². The van der Waals surface area contributed by atoms with Crippen molar-refractivity contribution in [1.29, 1.82) is 0 Å². The monoisotopic (exact) mass is 470 g/mol. The number of thiophene rings is 1. The summed E-state index contributed by atoms with van der Waals surface area (Å²) in [6.07, 6.45) is 4.82. The molecule has 1 amide bonds. The number of carbonyl (C=O) groups is 1. The molecule has 0 unspecified atom stereocenters. The van der Waals surface area contributed by atoms with Crippen LogP contribution in [-0.4, -0.2) is 26.6 Å². The molecule has 3 heterocycles. The molecule has 0 saturated heterocycles. The van der Waals surface area contributed by atoms with Gasteiger partial charge in [0.25, 0.3) is 5.56 Å². The highest BCUT2D eigenvalue weighted by Gasteiger charge is 2.19. The van der Waals surface area contributed by atoms with Crippen LogP contribution in [0.3, 0.4) is 0 Å². The van der Waals surface area contributed by atoms with Crippen molar-refractivity contribution in [3.8, 4) is 0 Å². The van der Waals surface area contributed by atoms with E-state index in [0.29, 0.717) is 30.3 Å². The van der Waals surface area contributed by atoms with E-state index in [9.17, 15) is 9.59 Å². The maximum absolute atomic E-state index is 12.6. The van der Waals surface area contributed by atoms with Crippen molar-refractivity contribution >= 4 is 60.8 Å². The first kappa shape index (κ1) is 20.7. The molecule has 1 aromatic carbocycles. The molecule has 4 aromatic rings. The number of rotatable bonds is 7. The van der Waals surface area contributed by atoms with Crippen molar-refractivity contribution < 1.29 is 4.79 Å². The standard InChI is InChI=1S/C22H22N4O2S3/c27-18(23-11-19-24-14-6-2-4-8-16(14)30-19)9-10-29-12-17-25-21(28)20-13-5-1-3-7-15(13)31-22(20)26-17/h2,4,6,8H,1,3,5,7,9-12H2,(H,23,27)(H,25,26,28). The van der Waals surface area contributed by atoms with Crippen LogP contribution >= 0.6 is 34.4 Å². The molecule has 5 rings (SSSR count). The van der Waals surface area contributed by atoms with Crippen molar-refractivity contribution in [3.05, 3.63) is 55.9 Å². The normalized spacial score (nSPS) is 13.5. The molecule has 0 saturated carbocycles. The number of nitrogens with zero attached hydrogens (tertiary/aromatic N) is 2. The fourth-order valence-corrected chi connectivity index (χ4v) is 6.86. The molecule has 0 radical (unpaired) electrons. The van der Waals surface area contributed by atoms with Crippen LogP contribution in [0.5, 0.6) is 0 Å². The van der Waals surface area contributed by atoms with Gasteiger partial charge in [-0.05, 0) is 43.4 Å². The Bertz CT molecular complexity index is 1270. The molecule has 0 aliphatic heterocycles. The van der Waals surface area contributed by atoms with Gasteiger partial charge in [0.1, 0.15) is 15.7 Å². The van der Waals surface area contributed by atoms with Gasteiger partial charge in [-0.2, -0.15) is 11.8 Å². The molecular weight excluding hydrogens is 448 g/mol. The Morgan fingerprint density at radius 1 is 1.16 bits per heavy atom. The topological polar surface area (TPSA) is 87.7 Å². The Morgan fingerprint density at radius 2 is 2.03 bits per heavy atom. The quantitative estimate of drug-likeness (QED) is 0.391. The molecule has 0 bridgehead atoms. The lowest BCUT2D eigenvalue weighted by Gasteiger charge is -2.09. The first-order valence-electron chi connectivity index (χ1n) is 10.4. The number of benzene rings is 1. The molecule has 6 nitrogen and oxygen atoms in total.